The Bertz CT molecular complexity index is 910. The topological polar surface area (TPSA) is 78.2 Å². The van der Waals surface area contributed by atoms with Gasteiger partial charge in [0.2, 0.25) is 0 Å². The van der Waals surface area contributed by atoms with Crippen LogP contribution in [0, 0.1) is 11.3 Å². The lowest BCUT2D eigenvalue weighted by Gasteiger charge is -2.38. The fourth-order valence-corrected chi connectivity index (χ4v) is 3.26. The minimum atomic E-state index is -4.32. The fraction of sp³-hybridized carbons (Fsp3) is 0.421. The summed E-state index contributed by atoms with van der Waals surface area (Å²) >= 11 is 0. The minimum absolute atomic E-state index is 0.193. The predicted molar refractivity (Wildman–Crippen MR) is 96.7 cm³/mol. The van der Waals surface area contributed by atoms with E-state index in [1.807, 2.05) is 11.0 Å². The molecule has 1 amide bonds. The van der Waals surface area contributed by atoms with Gasteiger partial charge in [0, 0.05) is 30.4 Å². The summed E-state index contributed by atoms with van der Waals surface area (Å²) in [5, 5.41) is 12.3. The van der Waals surface area contributed by atoms with Crippen LogP contribution in [0.1, 0.15) is 18.9 Å². The monoisotopic (exact) mass is 392 g/mol. The molecule has 1 N–H and O–H groups in total. The fourth-order valence-electron chi connectivity index (χ4n) is 3.26. The van der Waals surface area contributed by atoms with Crippen molar-refractivity contribution < 1.29 is 22.7 Å². The molecule has 2 atom stereocenters. The molecule has 1 aromatic carbocycles. The van der Waals surface area contributed by atoms with Crippen molar-refractivity contribution in [2.75, 3.05) is 24.5 Å². The van der Waals surface area contributed by atoms with Crippen LogP contribution in [0.25, 0.3) is 10.9 Å². The van der Waals surface area contributed by atoms with E-state index in [9.17, 15) is 23.2 Å². The summed E-state index contributed by atoms with van der Waals surface area (Å²) < 4.78 is 42.5. The van der Waals surface area contributed by atoms with Crippen LogP contribution in [-0.2, 0) is 9.53 Å². The third-order valence-electron chi connectivity index (χ3n) is 4.47. The Balaban J connectivity index is 1.79. The van der Waals surface area contributed by atoms with Crippen molar-refractivity contribution in [2.24, 2.45) is 0 Å². The molecule has 0 aliphatic carbocycles. The molecular weight excluding hydrogens is 373 g/mol. The molecule has 1 aromatic heterocycles. The predicted octanol–water partition coefficient (Wildman–Crippen LogP) is 2.77. The Labute approximate surface area is 159 Å². The number of morpholine rings is 1. The lowest BCUT2D eigenvalue weighted by Crippen LogP contribution is -2.53. The van der Waals surface area contributed by atoms with E-state index in [1.165, 1.54) is 0 Å². The summed E-state index contributed by atoms with van der Waals surface area (Å²) in [6.07, 6.45) is -4.99. The Morgan fingerprint density at radius 1 is 1.39 bits per heavy atom. The van der Waals surface area contributed by atoms with Crippen LogP contribution < -0.4 is 10.2 Å². The van der Waals surface area contributed by atoms with Gasteiger partial charge in [-0.15, -0.1) is 0 Å². The number of anilines is 1. The van der Waals surface area contributed by atoms with Gasteiger partial charge in [-0.25, -0.2) is 0 Å². The van der Waals surface area contributed by atoms with E-state index < -0.39 is 31.2 Å². The number of nitrogens with zero attached hydrogens (tertiary/aromatic N) is 3. The van der Waals surface area contributed by atoms with E-state index in [0.717, 1.165) is 11.1 Å². The number of carbonyl (C=O) groups excluding carboxylic acids is 1. The van der Waals surface area contributed by atoms with E-state index in [4.69, 9.17) is 4.74 Å². The number of rotatable bonds is 4. The van der Waals surface area contributed by atoms with Crippen molar-refractivity contribution in [1.29, 1.82) is 5.26 Å². The number of benzene rings is 1. The number of nitrogens with one attached hydrogen (secondary N) is 1. The smallest absolute Gasteiger partial charge is 0.365 e. The first-order valence-corrected chi connectivity index (χ1v) is 8.81. The van der Waals surface area contributed by atoms with E-state index in [0.29, 0.717) is 17.6 Å². The van der Waals surface area contributed by atoms with Gasteiger partial charge in [0.1, 0.15) is 6.07 Å². The minimum Gasteiger partial charge on any atom is -0.365 e. The zero-order chi connectivity index (χ0) is 20.3. The summed E-state index contributed by atoms with van der Waals surface area (Å²) in [7, 11) is 0. The number of ether oxygens (including phenoxy) is 1. The summed E-state index contributed by atoms with van der Waals surface area (Å²) in [4.78, 5) is 18.5. The first kappa shape index (κ1) is 19.9. The number of hydrogen-bond donors (Lipinski definition) is 1. The van der Waals surface area contributed by atoms with E-state index in [2.05, 4.69) is 16.4 Å². The standard InChI is InChI=1S/C19H19F3N4O2/c1-12-10-26(11-16(28-12)18(27)25-8-6-19(20,21)22)15-5-4-13(9-23)17-14(15)3-2-7-24-17/h2-5,7,12,16H,6,8,10-11H2,1H3,(H,25,27)/t12-,16-/m1/s1. The first-order valence-electron chi connectivity index (χ1n) is 8.81. The number of fused-ring (bicyclic) bond motifs is 1. The quantitative estimate of drug-likeness (QED) is 0.866. The van der Waals surface area contributed by atoms with Crippen molar-refractivity contribution in [3.63, 3.8) is 0 Å². The summed E-state index contributed by atoms with van der Waals surface area (Å²) in [5.74, 6) is -0.572. The second-order valence-corrected chi connectivity index (χ2v) is 6.64. The van der Waals surface area contributed by atoms with Crippen molar-refractivity contribution >= 4 is 22.5 Å². The van der Waals surface area contributed by atoms with Gasteiger partial charge in [-0.3, -0.25) is 9.78 Å². The molecule has 148 valence electrons. The van der Waals surface area contributed by atoms with Gasteiger partial charge in [-0.1, -0.05) is 0 Å². The molecule has 3 rings (SSSR count). The molecule has 0 unspecified atom stereocenters. The molecule has 0 saturated carbocycles. The maximum Gasteiger partial charge on any atom is 0.390 e. The van der Waals surface area contributed by atoms with E-state index in [-0.39, 0.29) is 12.6 Å². The zero-order valence-electron chi connectivity index (χ0n) is 15.2. The van der Waals surface area contributed by atoms with Crippen LogP contribution in [0.3, 0.4) is 0 Å². The second kappa shape index (κ2) is 8.02. The van der Waals surface area contributed by atoms with Gasteiger partial charge in [0.15, 0.2) is 6.10 Å². The molecule has 0 radical (unpaired) electrons. The SMILES string of the molecule is C[C@@H]1CN(c2ccc(C#N)c3ncccc23)C[C@H](C(=O)NCCC(F)(F)F)O1. The number of amides is 1. The highest BCUT2D eigenvalue weighted by Gasteiger charge is 2.32. The number of alkyl halides is 3. The van der Waals surface area contributed by atoms with Gasteiger partial charge in [0.05, 0.1) is 30.1 Å². The molecule has 2 heterocycles. The lowest BCUT2D eigenvalue weighted by molar-refractivity contribution is -0.142. The Morgan fingerprint density at radius 2 is 2.18 bits per heavy atom. The van der Waals surface area contributed by atoms with Crippen LogP contribution in [0.2, 0.25) is 0 Å². The highest BCUT2D eigenvalue weighted by atomic mass is 19.4. The van der Waals surface area contributed by atoms with E-state index in [1.54, 1.807) is 31.3 Å². The van der Waals surface area contributed by atoms with Gasteiger partial charge < -0.3 is 15.0 Å². The van der Waals surface area contributed by atoms with Crippen molar-refractivity contribution in [3.05, 3.63) is 36.0 Å². The summed E-state index contributed by atoms with van der Waals surface area (Å²) in [5.41, 5.74) is 1.81. The molecule has 1 fully saturated rings. The van der Waals surface area contributed by atoms with Crippen LogP contribution in [0.5, 0.6) is 0 Å². The van der Waals surface area contributed by atoms with Crippen LogP contribution >= 0.6 is 0 Å². The Hall–Kier alpha value is -2.86. The maximum atomic E-state index is 12.3. The average molecular weight is 392 g/mol. The largest absolute Gasteiger partial charge is 0.390 e. The van der Waals surface area contributed by atoms with Crippen LogP contribution in [0.4, 0.5) is 18.9 Å². The van der Waals surface area contributed by atoms with Gasteiger partial charge in [0.25, 0.3) is 5.91 Å². The van der Waals surface area contributed by atoms with Crippen LogP contribution in [0.15, 0.2) is 30.5 Å². The summed E-state index contributed by atoms with van der Waals surface area (Å²) in [6.45, 7) is 2.01. The Morgan fingerprint density at radius 3 is 2.89 bits per heavy atom. The maximum absolute atomic E-state index is 12.3. The van der Waals surface area contributed by atoms with Crippen LogP contribution in [-0.4, -0.2) is 48.9 Å². The molecule has 0 bridgehead atoms. The second-order valence-electron chi connectivity index (χ2n) is 6.64. The normalized spacial score (nSPS) is 20.0. The molecular formula is C19H19F3N4O2. The molecule has 6 nitrogen and oxygen atoms in total. The number of nitriles is 1. The Kier molecular flexibility index (Phi) is 5.70. The van der Waals surface area contributed by atoms with Crippen molar-refractivity contribution in [1.82, 2.24) is 10.3 Å². The lowest BCUT2D eigenvalue weighted by atomic mass is 10.1. The highest BCUT2D eigenvalue weighted by molar-refractivity contribution is 5.95. The molecule has 28 heavy (non-hydrogen) atoms. The number of pyridine rings is 1. The number of aromatic nitrogens is 1. The van der Waals surface area contributed by atoms with Gasteiger partial charge in [-0.2, -0.15) is 18.4 Å². The molecule has 9 heteroatoms. The van der Waals surface area contributed by atoms with Gasteiger partial charge in [-0.05, 0) is 31.2 Å². The molecule has 2 aromatic rings. The number of carbonyl (C=O) groups is 1. The molecule has 0 spiro atoms. The number of halogens is 3. The third-order valence-corrected chi connectivity index (χ3v) is 4.47. The third kappa shape index (κ3) is 4.51. The molecule has 1 aliphatic rings. The molecule has 1 saturated heterocycles. The van der Waals surface area contributed by atoms with Crippen molar-refractivity contribution in [2.45, 2.75) is 31.7 Å². The van der Waals surface area contributed by atoms with E-state index >= 15 is 0 Å². The molecule has 1 aliphatic heterocycles. The van der Waals surface area contributed by atoms with Crippen molar-refractivity contribution in [3.8, 4) is 6.07 Å². The zero-order valence-corrected chi connectivity index (χ0v) is 15.2. The summed E-state index contributed by atoms with van der Waals surface area (Å²) in [6, 6.07) is 9.18. The average Bonchev–Trinajstić information content (AvgIpc) is 2.65. The highest BCUT2D eigenvalue weighted by Crippen LogP contribution is 2.30. The number of hydrogen-bond acceptors (Lipinski definition) is 5. The first-order chi connectivity index (χ1) is 13.3. The van der Waals surface area contributed by atoms with Gasteiger partial charge >= 0.3 is 6.18 Å².